The molecule has 0 atom stereocenters. The van der Waals surface area contributed by atoms with Crippen molar-refractivity contribution in [3.63, 3.8) is 0 Å². The standard InChI is InChI=1S/C13H12N2OS/c1-10-7-11(8-16)15-13(14-10)9-17-12-5-3-2-4-6-12/h2-8H,9H2,1H3. The van der Waals surface area contributed by atoms with Gasteiger partial charge in [0.05, 0.1) is 5.75 Å². The average Bonchev–Trinajstić information content (AvgIpc) is 2.37. The predicted octanol–water partition coefficient (Wildman–Crippen LogP) is 2.89. The zero-order chi connectivity index (χ0) is 12.1. The van der Waals surface area contributed by atoms with Crippen LogP contribution < -0.4 is 0 Å². The molecule has 4 heteroatoms. The topological polar surface area (TPSA) is 42.9 Å². The molecule has 0 saturated carbocycles. The van der Waals surface area contributed by atoms with Crippen LogP contribution in [-0.2, 0) is 5.75 Å². The summed E-state index contributed by atoms with van der Waals surface area (Å²) in [4.78, 5) is 20.3. The minimum absolute atomic E-state index is 0.446. The number of benzene rings is 1. The van der Waals surface area contributed by atoms with E-state index in [1.807, 2.05) is 37.3 Å². The van der Waals surface area contributed by atoms with Gasteiger partial charge >= 0.3 is 0 Å². The van der Waals surface area contributed by atoms with Gasteiger partial charge in [-0.05, 0) is 25.1 Å². The van der Waals surface area contributed by atoms with Gasteiger partial charge in [-0.3, -0.25) is 4.79 Å². The number of thioether (sulfide) groups is 1. The van der Waals surface area contributed by atoms with E-state index < -0.39 is 0 Å². The fraction of sp³-hybridized carbons (Fsp3) is 0.154. The van der Waals surface area contributed by atoms with E-state index >= 15 is 0 Å². The zero-order valence-electron chi connectivity index (χ0n) is 9.46. The molecule has 0 unspecified atom stereocenters. The van der Waals surface area contributed by atoms with Crippen molar-refractivity contribution in [2.24, 2.45) is 0 Å². The van der Waals surface area contributed by atoms with Gasteiger partial charge < -0.3 is 0 Å². The van der Waals surface area contributed by atoms with Crippen LogP contribution in [0.25, 0.3) is 0 Å². The van der Waals surface area contributed by atoms with Gasteiger partial charge in [-0.2, -0.15) is 0 Å². The Balaban J connectivity index is 2.09. The van der Waals surface area contributed by atoms with Gasteiger partial charge in [0.2, 0.25) is 0 Å². The van der Waals surface area contributed by atoms with E-state index in [-0.39, 0.29) is 0 Å². The molecule has 3 nitrogen and oxygen atoms in total. The fourth-order valence-electron chi connectivity index (χ4n) is 1.45. The molecule has 0 N–H and O–H groups in total. The predicted molar refractivity (Wildman–Crippen MR) is 68.2 cm³/mol. The van der Waals surface area contributed by atoms with E-state index in [4.69, 9.17) is 0 Å². The largest absolute Gasteiger partial charge is 0.296 e. The number of carbonyl (C=O) groups excluding carboxylic acids is 1. The number of hydrogen-bond acceptors (Lipinski definition) is 4. The third kappa shape index (κ3) is 3.39. The normalized spacial score (nSPS) is 10.2. The monoisotopic (exact) mass is 244 g/mol. The molecule has 0 bridgehead atoms. The van der Waals surface area contributed by atoms with Crippen molar-refractivity contribution >= 4 is 18.0 Å². The summed E-state index contributed by atoms with van der Waals surface area (Å²) in [5.41, 5.74) is 1.27. The highest BCUT2D eigenvalue weighted by Gasteiger charge is 2.02. The lowest BCUT2D eigenvalue weighted by Crippen LogP contribution is -1.99. The van der Waals surface area contributed by atoms with E-state index in [1.54, 1.807) is 17.8 Å². The molecule has 0 fully saturated rings. The number of aldehydes is 1. The molecule has 1 heterocycles. The molecule has 2 rings (SSSR count). The second-order valence-corrected chi connectivity index (χ2v) is 4.62. The zero-order valence-corrected chi connectivity index (χ0v) is 10.3. The maximum Gasteiger partial charge on any atom is 0.168 e. The summed E-state index contributed by atoms with van der Waals surface area (Å²) in [7, 11) is 0. The molecule has 0 aliphatic heterocycles. The molecule has 0 spiro atoms. The number of rotatable bonds is 4. The third-order valence-electron chi connectivity index (χ3n) is 2.15. The summed E-state index contributed by atoms with van der Waals surface area (Å²) < 4.78 is 0. The van der Waals surface area contributed by atoms with Crippen molar-refractivity contribution in [2.75, 3.05) is 0 Å². The summed E-state index contributed by atoms with van der Waals surface area (Å²) in [6.07, 6.45) is 0.755. The molecule has 17 heavy (non-hydrogen) atoms. The van der Waals surface area contributed by atoms with Crippen molar-refractivity contribution in [3.8, 4) is 0 Å². The van der Waals surface area contributed by atoms with Crippen LogP contribution in [0.15, 0.2) is 41.3 Å². The first-order valence-corrected chi connectivity index (χ1v) is 6.24. The quantitative estimate of drug-likeness (QED) is 0.612. The van der Waals surface area contributed by atoms with Crippen molar-refractivity contribution in [1.29, 1.82) is 0 Å². The highest BCUT2D eigenvalue weighted by Crippen LogP contribution is 2.20. The summed E-state index contributed by atoms with van der Waals surface area (Å²) >= 11 is 1.66. The fourth-order valence-corrected chi connectivity index (χ4v) is 2.22. The van der Waals surface area contributed by atoms with E-state index in [9.17, 15) is 4.79 Å². The SMILES string of the molecule is Cc1cc(C=O)nc(CSc2ccccc2)n1. The maximum atomic E-state index is 10.7. The van der Waals surface area contributed by atoms with Crippen LogP contribution in [0.1, 0.15) is 22.0 Å². The van der Waals surface area contributed by atoms with Gasteiger partial charge in [0.25, 0.3) is 0 Å². The molecular formula is C13H12N2OS. The molecule has 0 saturated heterocycles. The average molecular weight is 244 g/mol. The van der Waals surface area contributed by atoms with Gasteiger partial charge in [-0.25, -0.2) is 9.97 Å². The van der Waals surface area contributed by atoms with Gasteiger partial charge in [-0.15, -0.1) is 11.8 Å². The molecule has 86 valence electrons. The van der Waals surface area contributed by atoms with Crippen molar-refractivity contribution in [2.45, 2.75) is 17.6 Å². The van der Waals surface area contributed by atoms with Crippen molar-refractivity contribution in [3.05, 3.63) is 53.6 Å². The molecular weight excluding hydrogens is 232 g/mol. The Bertz CT molecular complexity index is 514. The van der Waals surface area contributed by atoms with Crippen LogP contribution in [0.2, 0.25) is 0 Å². The lowest BCUT2D eigenvalue weighted by Gasteiger charge is -2.02. The Morgan fingerprint density at radius 2 is 2.00 bits per heavy atom. The molecule has 0 aliphatic rings. The molecule has 1 aromatic heterocycles. The van der Waals surface area contributed by atoms with E-state index in [2.05, 4.69) is 9.97 Å². The van der Waals surface area contributed by atoms with E-state index in [0.29, 0.717) is 17.3 Å². The van der Waals surface area contributed by atoms with Crippen LogP contribution in [0, 0.1) is 6.92 Å². The summed E-state index contributed by atoms with van der Waals surface area (Å²) in [5.74, 6) is 1.37. The van der Waals surface area contributed by atoms with Crippen molar-refractivity contribution in [1.82, 2.24) is 9.97 Å². The summed E-state index contributed by atoms with van der Waals surface area (Å²) in [6, 6.07) is 11.7. The highest BCUT2D eigenvalue weighted by atomic mass is 32.2. The van der Waals surface area contributed by atoms with E-state index in [0.717, 1.165) is 12.0 Å². The summed E-state index contributed by atoms with van der Waals surface area (Å²) in [5, 5.41) is 0. The van der Waals surface area contributed by atoms with Crippen molar-refractivity contribution < 1.29 is 4.79 Å². The molecule has 0 aliphatic carbocycles. The smallest absolute Gasteiger partial charge is 0.168 e. The molecule has 1 aromatic carbocycles. The first-order valence-electron chi connectivity index (χ1n) is 5.25. The minimum Gasteiger partial charge on any atom is -0.296 e. The van der Waals surface area contributed by atoms with Crippen LogP contribution in [0.5, 0.6) is 0 Å². The lowest BCUT2D eigenvalue weighted by atomic mass is 10.3. The second-order valence-electron chi connectivity index (χ2n) is 3.57. The lowest BCUT2D eigenvalue weighted by molar-refractivity contribution is 0.111. The van der Waals surface area contributed by atoms with Crippen LogP contribution in [0.4, 0.5) is 0 Å². The Hall–Kier alpha value is -1.68. The van der Waals surface area contributed by atoms with Gasteiger partial charge in [0, 0.05) is 10.6 Å². The number of carbonyl (C=O) groups is 1. The van der Waals surface area contributed by atoms with Gasteiger partial charge in [0.1, 0.15) is 11.5 Å². The number of hydrogen-bond donors (Lipinski definition) is 0. The van der Waals surface area contributed by atoms with Crippen LogP contribution >= 0.6 is 11.8 Å². The Kier molecular flexibility index (Phi) is 3.88. The van der Waals surface area contributed by atoms with Crippen LogP contribution in [0.3, 0.4) is 0 Å². The third-order valence-corrected chi connectivity index (χ3v) is 3.16. The van der Waals surface area contributed by atoms with Gasteiger partial charge in [-0.1, -0.05) is 18.2 Å². The molecule has 0 amide bonds. The number of aromatic nitrogens is 2. The number of aryl methyl sites for hydroxylation is 1. The van der Waals surface area contributed by atoms with E-state index in [1.165, 1.54) is 4.90 Å². The Morgan fingerprint density at radius 3 is 2.71 bits per heavy atom. The minimum atomic E-state index is 0.446. The first kappa shape index (κ1) is 11.8. The summed E-state index contributed by atoms with van der Waals surface area (Å²) in [6.45, 7) is 1.87. The van der Waals surface area contributed by atoms with Gasteiger partial charge in [0.15, 0.2) is 6.29 Å². The molecule has 2 aromatic rings. The Labute approximate surface area is 104 Å². The number of nitrogens with zero attached hydrogens (tertiary/aromatic N) is 2. The Morgan fingerprint density at radius 1 is 1.24 bits per heavy atom. The molecule has 0 radical (unpaired) electrons. The van der Waals surface area contributed by atoms with Crippen LogP contribution in [-0.4, -0.2) is 16.3 Å². The maximum absolute atomic E-state index is 10.7. The highest BCUT2D eigenvalue weighted by molar-refractivity contribution is 7.98. The first-order chi connectivity index (χ1) is 8.28. The second kappa shape index (κ2) is 5.59.